The monoisotopic (exact) mass is 295 g/mol. The lowest BCUT2D eigenvalue weighted by Crippen LogP contribution is -2.06. The van der Waals surface area contributed by atoms with Crippen LogP contribution in [0.1, 0.15) is 43.0 Å². The first-order valence-corrected chi connectivity index (χ1v) is 7.53. The van der Waals surface area contributed by atoms with Crippen molar-refractivity contribution in [2.24, 2.45) is 0 Å². The third-order valence-electron chi connectivity index (χ3n) is 3.34. The van der Waals surface area contributed by atoms with Gasteiger partial charge in [0.15, 0.2) is 5.65 Å². The number of hydrogen-bond acceptors (Lipinski definition) is 3. The van der Waals surface area contributed by atoms with Crippen molar-refractivity contribution in [2.45, 2.75) is 45.0 Å². The highest BCUT2D eigenvalue weighted by molar-refractivity contribution is 6.20. The predicted molar refractivity (Wildman–Crippen MR) is 82.3 cm³/mol. The third-order valence-corrected chi connectivity index (χ3v) is 3.53. The lowest BCUT2D eigenvalue weighted by molar-refractivity contribution is 0.191. The molecule has 0 aliphatic heterocycles. The molecule has 0 aromatic carbocycles. The fourth-order valence-corrected chi connectivity index (χ4v) is 2.51. The molecule has 0 amide bonds. The van der Waals surface area contributed by atoms with Crippen LogP contribution in [0, 0.1) is 6.92 Å². The van der Waals surface area contributed by atoms with E-state index in [0.29, 0.717) is 0 Å². The highest BCUT2D eigenvalue weighted by Gasteiger charge is 2.15. The molecule has 0 bridgehead atoms. The molecule has 110 valence electrons. The van der Waals surface area contributed by atoms with Crippen molar-refractivity contribution in [1.82, 2.24) is 14.5 Å². The molecule has 2 heterocycles. The average Bonchev–Trinajstić information content (AvgIpc) is 2.76. The largest absolute Gasteiger partial charge is 0.385 e. The van der Waals surface area contributed by atoms with Crippen molar-refractivity contribution in [1.29, 1.82) is 0 Å². The van der Waals surface area contributed by atoms with Gasteiger partial charge in [-0.25, -0.2) is 9.97 Å². The standard InChI is InChI=1S/C15H22ClN3O/c1-11-9-13-15(17-10-11)19(14(18-13)12(2)16)7-5-4-6-8-20-3/h9-10,12H,4-8H2,1-3H3. The van der Waals surface area contributed by atoms with Gasteiger partial charge in [-0.05, 0) is 44.7 Å². The molecule has 1 unspecified atom stereocenters. The number of ether oxygens (including phenoxy) is 1. The molecule has 0 aliphatic rings. The van der Waals surface area contributed by atoms with Crippen molar-refractivity contribution in [3.05, 3.63) is 23.7 Å². The number of unbranched alkanes of at least 4 members (excludes halogenated alkanes) is 2. The molecule has 0 radical (unpaired) electrons. The van der Waals surface area contributed by atoms with E-state index in [2.05, 4.69) is 20.6 Å². The van der Waals surface area contributed by atoms with Crippen LogP contribution in [0.15, 0.2) is 12.3 Å². The fraction of sp³-hybridized carbons (Fsp3) is 0.600. The van der Waals surface area contributed by atoms with Crippen LogP contribution in [0.25, 0.3) is 11.2 Å². The molecule has 2 rings (SSSR count). The number of aryl methyl sites for hydroxylation is 2. The smallest absolute Gasteiger partial charge is 0.160 e. The Bertz CT molecular complexity index is 565. The second-order valence-corrected chi connectivity index (χ2v) is 5.80. The Morgan fingerprint density at radius 1 is 1.35 bits per heavy atom. The van der Waals surface area contributed by atoms with Gasteiger partial charge in [-0.15, -0.1) is 11.6 Å². The minimum atomic E-state index is -0.108. The van der Waals surface area contributed by atoms with Gasteiger partial charge in [-0.1, -0.05) is 0 Å². The number of aromatic nitrogens is 3. The van der Waals surface area contributed by atoms with Gasteiger partial charge in [0.25, 0.3) is 0 Å². The Labute approximate surface area is 125 Å². The predicted octanol–water partition coefficient (Wildman–Crippen LogP) is 3.86. The van der Waals surface area contributed by atoms with Gasteiger partial charge >= 0.3 is 0 Å². The summed E-state index contributed by atoms with van der Waals surface area (Å²) in [5.74, 6) is 0.909. The van der Waals surface area contributed by atoms with Crippen molar-refractivity contribution in [3.8, 4) is 0 Å². The van der Waals surface area contributed by atoms with Crippen LogP contribution >= 0.6 is 11.6 Å². The number of methoxy groups -OCH3 is 1. The summed E-state index contributed by atoms with van der Waals surface area (Å²) in [6, 6.07) is 2.06. The minimum Gasteiger partial charge on any atom is -0.385 e. The molecule has 0 aliphatic carbocycles. The van der Waals surface area contributed by atoms with E-state index >= 15 is 0 Å². The van der Waals surface area contributed by atoms with Crippen LogP contribution in [-0.4, -0.2) is 28.3 Å². The molecule has 0 N–H and O–H groups in total. The number of pyridine rings is 1. The van der Waals surface area contributed by atoms with E-state index in [-0.39, 0.29) is 5.38 Å². The van der Waals surface area contributed by atoms with E-state index in [1.165, 1.54) is 0 Å². The molecule has 0 spiro atoms. The number of hydrogen-bond donors (Lipinski definition) is 0. The van der Waals surface area contributed by atoms with Crippen LogP contribution in [-0.2, 0) is 11.3 Å². The quantitative estimate of drug-likeness (QED) is 0.575. The fourth-order valence-electron chi connectivity index (χ4n) is 2.35. The molecule has 5 heteroatoms. The normalized spacial score (nSPS) is 13.0. The maximum atomic E-state index is 6.25. The topological polar surface area (TPSA) is 39.9 Å². The van der Waals surface area contributed by atoms with Crippen molar-refractivity contribution in [2.75, 3.05) is 13.7 Å². The molecular weight excluding hydrogens is 274 g/mol. The number of fused-ring (bicyclic) bond motifs is 1. The zero-order chi connectivity index (χ0) is 14.5. The zero-order valence-electron chi connectivity index (χ0n) is 12.4. The van der Waals surface area contributed by atoms with Crippen molar-refractivity contribution in [3.63, 3.8) is 0 Å². The molecule has 4 nitrogen and oxygen atoms in total. The summed E-state index contributed by atoms with van der Waals surface area (Å²) in [4.78, 5) is 9.15. The van der Waals surface area contributed by atoms with Gasteiger partial charge in [0.1, 0.15) is 11.3 Å². The second-order valence-electron chi connectivity index (χ2n) is 5.15. The number of imidazole rings is 1. The van der Waals surface area contributed by atoms with Gasteiger partial charge in [0, 0.05) is 26.5 Å². The summed E-state index contributed by atoms with van der Waals surface area (Å²) >= 11 is 6.25. The van der Waals surface area contributed by atoms with Crippen molar-refractivity contribution >= 4 is 22.8 Å². The van der Waals surface area contributed by atoms with Crippen LogP contribution in [0.4, 0.5) is 0 Å². The van der Waals surface area contributed by atoms with E-state index < -0.39 is 0 Å². The summed E-state index contributed by atoms with van der Waals surface area (Å²) in [5.41, 5.74) is 2.99. The molecule has 2 aromatic heterocycles. The number of rotatable bonds is 7. The van der Waals surface area contributed by atoms with E-state index in [1.807, 2.05) is 20.0 Å². The van der Waals surface area contributed by atoms with Gasteiger partial charge in [0.2, 0.25) is 0 Å². The van der Waals surface area contributed by atoms with E-state index in [1.54, 1.807) is 7.11 Å². The Hall–Kier alpha value is -1.13. The molecule has 20 heavy (non-hydrogen) atoms. The Kier molecular flexibility index (Phi) is 5.38. The number of halogens is 1. The molecule has 0 saturated heterocycles. The summed E-state index contributed by atoms with van der Waals surface area (Å²) in [6.45, 7) is 5.71. The zero-order valence-corrected chi connectivity index (χ0v) is 13.2. The maximum Gasteiger partial charge on any atom is 0.160 e. The molecule has 0 fully saturated rings. The van der Waals surface area contributed by atoms with Gasteiger partial charge in [-0.3, -0.25) is 0 Å². The van der Waals surface area contributed by atoms with Crippen LogP contribution < -0.4 is 0 Å². The van der Waals surface area contributed by atoms with E-state index in [4.69, 9.17) is 16.3 Å². The first-order chi connectivity index (χ1) is 9.63. The Morgan fingerprint density at radius 2 is 2.15 bits per heavy atom. The van der Waals surface area contributed by atoms with Crippen molar-refractivity contribution < 1.29 is 4.74 Å². The maximum absolute atomic E-state index is 6.25. The summed E-state index contributed by atoms with van der Waals surface area (Å²) < 4.78 is 7.22. The Balaban J connectivity index is 2.18. The molecule has 2 aromatic rings. The number of alkyl halides is 1. The highest BCUT2D eigenvalue weighted by Crippen LogP contribution is 2.24. The lowest BCUT2D eigenvalue weighted by atomic mass is 10.2. The van der Waals surface area contributed by atoms with E-state index in [0.717, 1.165) is 55.0 Å². The minimum absolute atomic E-state index is 0.108. The van der Waals surface area contributed by atoms with Gasteiger partial charge in [-0.2, -0.15) is 0 Å². The molecule has 1 atom stereocenters. The van der Waals surface area contributed by atoms with Crippen LogP contribution in [0.5, 0.6) is 0 Å². The van der Waals surface area contributed by atoms with Gasteiger partial charge in [0.05, 0.1) is 5.38 Å². The first-order valence-electron chi connectivity index (χ1n) is 7.09. The SMILES string of the molecule is COCCCCCn1c(C(C)Cl)nc2cc(C)cnc21. The highest BCUT2D eigenvalue weighted by atomic mass is 35.5. The molecular formula is C15H22ClN3O. The first kappa shape index (κ1) is 15.3. The van der Waals surface area contributed by atoms with E-state index in [9.17, 15) is 0 Å². The van der Waals surface area contributed by atoms with Gasteiger partial charge < -0.3 is 9.30 Å². The second kappa shape index (κ2) is 7.04. The summed E-state index contributed by atoms with van der Waals surface area (Å²) in [7, 11) is 1.74. The summed E-state index contributed by atoms with van der Waals surface area (Å²) in [5, 5.41) is -0.108. The number of nitrogens with zero attached hydrogens (tertiary/aromatic N) is 3. The average molecular weight is 296 g/mol. The molecule has 0 saturated carbocycles. The summed E-state index contributed by atoms with van der Waals surface area (Å²) in [6.07, 6.45) is 5.19. The Morgan fingerprint density at radius 3 is 2.85 bits per heavy atom. The third kappa shape index (κ3) is 3.49. The lowest BCUT2D eigenvalue weighted by Gasteiger charge is -2.09. The van der Waals surface area contributed by atoms with Crippen LogP contribution in [0.2, 0.25) is 0 Å². The van der Waals surface area contributed by atoms with Crippen LogP contribution in [0.3, 0.4) is 0 Å².